The van der Waals surface area contributed by atoms with Gasteiger partial charge in [0.2, 0.25) is 0 Å². The smallest absolute Gasteiger partial charge is 0.488 e. The SMILES string of the molecule is O=S(=O)(c1ccc(OC2CCCOC2)c2c1C(O)C(F)(F)C2)C(F)(F)F. The Balaban J connectivity index is 2.09. The molecular weight excluding hydrogens is 387 g/mol. The molecule has 0 radical (unpaired) electrons. The molecule has 2 aliphatic rings. The lowest BCUT2D eigenvalue weighted by atomic mass is 10.1. The van der Waals surface area contributed by atoms with Crippen molar-refractivity contribution in [3.05, 3.63) is 23.3 Å². The molecule has 3 rings (SSSR count). The minimum absolute atomic E-state index is 0.173. The first-order chi connectivity index (χ1) is 11.9. The van der Waals surface area contributed by atoms with Crippen LogP contribution >= 0.6 is 0 Å². The quantitative estimate of drug-likeness (QED) is 0.788. The molecule has 0 bridgehead atoms. The Morgan fingerprint density at radius 1 is 1.27 bits per heavy atom. The van der Waals surface area contributed by atoms with Crippen molar-refractivity contribution in [1.29, 1.82) is 0 Å². The van der Waals surface area contributed by atoms with E-state index in [2.05, 4.69) is 0 Å². The van der Waals surface area contributed by atoms with E-state index in [0.717, 1.165) is 6.07 Å². The molecule has 1 saturated heterocycles. The van der Waals surface area contributed by atoms with Crippen molar-refractivity contribution in [2.75, 3.05) is 13.2 Å². The molecule has 2 unspecified atom stereocenters. The van der Waals surface area contributed by atoms with Crippen LogP contribution in [0.3, 0.4) is 0 Å². The van der Waals surface area contributed by atoms with Crippen LogP contribution in [0.15, 0.2) is 17.0 Å². The first-order valence-electron chi connectivity index (χ1n) is 7.72. The predicted molar refractivity (Wildman–Crippen MR) is 77.8 cm³/mol. The summed E-state index contributed by atoms with van der Waals surface area (Å²) < 4.78 is 101. The summed E-state index contributed by atoms with van der Waals surface area (Å²) in [7, 11) is -5.91. The van der Waals surface area contributed by atoms with E-state index in [1.54, 1.807) is 0 Å². The molecule has 1 aliphatic carbocycles. The van der Waals surface area contributed by atoms with Crippen LogP contribution in [-0.4, -0.2) is 44.3 Å². The molecule has 0 amide bonds. The highest BCUT2D eigenvalue weighted by Gasteiger charge is 2.55. The van der Waals surface area contributed by atoms with E-state index < -0.39 is 55.9 Å². The maximum atomic E-state index is 13.9. The lowest BCUT2D eigenvalue weighted by molar-refractivity contribution is -0.0979. The molecule has 0 saturated carbocycles. The molecule has 1 fully saturated rings. The predicted octanol–water partition coefficient (Wildman–Crippen LogP) is 2.76. The van der Waals surface area contributed by atoms with Crippen LogP contribution in [-0.2, 0) is 21.0 Å². The number of sulfone groups is 1. The molecule has 0 aromatic heterocycles. The van der Waals surface area contributed by atoms with Crippen molar-refractivity contribution in [3.63, 3.8) is 0 Å². The summed E-state index contributed by atoms with van der Waals surface area (Å²) in [6.07, 6.45) is -3.07. The van der Waals surface area contributed by atoms with Gasteiger partial charge >= 0.3 is 5.51 Å². The average Bonchev–Trinajstić information content (AvgIpc) is 2.78. The van der Waals surface area contributed by atoms with Crippen LogP contribution < -0.4 is 4.74 Å². The molecule has 1 N–H and O–H groups in total. The van der Waals surface area contributed by atoms with Gasteiger partial charge in [0.05, 0.1) is 11.5 Å². The zero-order chi connectivity index (χ0) is 19.3. The van der Waals surface area contributed by atoms with E-state index in [0.29, 0.717) is 25.5 Å². The summed E-state index contributed by atoms with van der Waals surface area (Å²) in [6, 6.07) is 1.46. The van der Waals surface area contributed by atoms with Gasteiger partial charge in [0.1, 0.15) is 18.0 Å². The topological polar surface area (TPSA) is 72.8 Å². The second-order valence-corrected chi connectivity index (χ2v) is 8.11. The number of rotatable bonds is 3. The van der Waals surface area contributed by atoms with Crippen molar-refractivity contribution in [2.24, 2.45) is 0 Å². The minimum Gasteiger partial charge on any atom is -0.488 e. The van der Waals surface area contributed by atoms with Gasteiger partial charge in [-0.1, -0.05) is 0 Å². The van der Waals surface area contributed by atoms with Gasteiger partial charge in [-0.05, 0) is 25.0 Å². The van der Waals surface area contributed by atoms with Crippen LogP contribution in [0, 0.1) is 0 Å². The fourth-order valence-corrected chi connectivity index (χ4v) is 4.12. The number of aliphatic hydroxyl groups excluding tert-OH is 1. The molecule has 2 atom stereocenters. The van der Waals surface area contributed by atoms with Crippen LogP contribution in [0.1, 0.15) is 30.1 Å². The number of ether oxygens (including phenoxy) is 2. The zero-order valence-electron chi connectivity index (χ0n) is 13.2. The van der Waals surface area contributed by atoms with Gasteiger partial charge in [0.15, 0.2) is 0 Å². The van der Waals surface area contributed by atoms with Gasteiger partial charge in [-0.15, -0.1) is 0 Å². The second-order valence-electron chi connectivity index (χ2n) is 6.20. The van der Waals surface area contributed by atoms with Crippen LogP contribution in [0.4, 0.5) is 22.0 Å². The normalized spacial score (nSPS) is 25.8. The molecular formula is C15H15F5O5S. The highest BCUT2D eigenvalue weighted by atomic mass is 32.2. The monoisotopic (exact) mass is 402 g/mol. The Bertz CT molecular complexity index is 799. The van der Waals surface area contributed by atoms with Gasteiger partial charge < -0.3 is 14.6 Å². The van der Waals surface area contributed by atoms with Gasteiger partial charge in [0, 0.05) is 24.2 Å². The summed E-state index contributed by atoms with van der Waals surface area (Å²) in [6.45, 7) is 0.688. The fourth-order valence-electron chi connectivity index (χ4n) is 3.10. The Labute approximate surface area is 145 Å². The van der Waals surface area contributed by atoms with E-state index in [-0.39, 0.29) is 12.4 Å². The molecule has 146 valence electrons. The zero-order valence-corrected chi connectivity index (χ0v) is 14.0. The Morgan fingerprint density at radius 3 is 2.54 bits per heavy atom. The Kier molecular flexibility index (Phi) is 4.68. The molecule has 0 spiro atoms. The Morgan fingerprint density at radius 2 is 1.96 bits per heavy atom. The third-order valence-electron chi connectivity index (χ3n) is 4.37. The molecule has 1 heterocycles. The average molecular weight is 402 g/mol. The summed E-state index contributed by atoms with van der Waals surface area (Å²) in [5, 5.41) is 9.79. The van der Waals surface area contributed by atoms with Crippen molar-refractivity contribution in [2.45, 2.75) is 47.8 Å². The third-order valence-corrected chi connectivity index (χ3v) is 5.91. The number of hydrogen-bond acceptors (Lipinski definition) is 5. The van der Waals surface area contributed by atoms with E-state index >= 15 is 0 Å². The number of halogens is 5. The number of benzene rings is 1. The van der Waals surface area contributed by atoms with Gasteiger partial charge in [0.25, 0.3) is 15.8 Å². The highest BCUT2D eigenvalue weighted by Crippen LogP contribution is 2.50. The molecule has 1 aromatic carbocycles. The van der Waals surface area contributed by atoms with Gasteiger partial charge in [-0.25, -0.2) is 17.2 Å². The molecule has 5 nitrogen and oxygen atoms in total. The van der Waals surface area contributed by atoms with Crippen molar-refractivity contribution >= 4 is 9.84 Å². The second kappa shape index (κ2) is 6.31. The number of alkyl halides is 5. The van der Waals surface area contributed by atoms with Crippen LogP contribution in [0.25, 0.3) is 0 Å². The largest absolute Gasteiger partial charge is 0.501 e. The van der Waals surface area contributed by atoms with Crippen LogP contribution in [0.5, 0.6) is 5.75 Å². The number of aliphatic hydroxyl groups is 1. The standard InChI is InChI=1S/C15H15F5O5S/c16-14(17)6-9-10(25-8-2-1-5-24-7-8)3-4-11(12(9)13(14)21)26(22,23)15(18,19)20/h3-4,8,13,21H,1-2,5-7H2. The van der Waals surface area contributed by atoms with E-state index in [9.17, 15) is 35.5 Å². The highest BCUT2D eigenvalue weighted by molar-refractivity contribution is 7.92. The lowest BCUT2D eigenvalue weighted by Gasteiger charge is -2.25. The summed E-state index contributed by atoms with van der Waals surface area (Å²) >= 11 is 0. The molecule has 1 aromatic rings. The number of hydrogen-bond donors (Lipinski definition) is 1. The summed E-state index contributed by atoms with van der Waals surface area (Å²) in [5.41, 5.74) is -7.07. The van der Waals surface area contributed by atoms with E-state index in [4.69, 9.17) is 9.47 Å². The van der Waals surface area contributed by atoms with Crippen LogP contribution in [0.2, 0.25) is 0 Å². The lowest BCUT2D eigenvalue weighted by Crippen LogP contribution is -2.28. The molecule has 26 heavy (non-hydrogen) atoms. The van der Waals surface area contributed by atoms with Crippen molar-refractivity contribution in [1.82, 2.24) is 0 Å². The first-order valence-corrected chi connectivity index (χ1v) is 9.21. The van der Waals surface area contributed by atoms with Crippen molar-refractivity contribution < 1.29 is 45.0 Å². The molecule has 1 aliphatic heterocycles. The van der Waals surface area contributed by atoms with Crippen molar-refractivity contribution in [3.8, 4) is 5.75 Å². The van der Waals surface area contributed by atoms with Gasteiger partial charge in [-0.3, -0.25) is 0 Å². The maximum Gasteiger partial charge on any atom is 0.501 e. The Hall–Kier alpha value is -1.46. The van der Waals surface area contributed by atoms with E-state index in [1.807, 2.05) is 0 Å². The van der Waals surface area contributed by atoms with Gasteiger partial charge in [-0.2, -0.15) is 13.2 Å². The summed E-state index contributed by atoms with van der Waals surface area (Å²) in [4.78, 5) is -1.38. The molecule has 11 heteroatoms. The third kappa shape index (κ3) is 3.16. The summed E-state index contributed by atoms with van der Waals surface area (Å²) in [5.74, 6) is -3.98. The minimum atomic E-state index is -5.91. The fraction of sp³-hybridized carbons (Fsp3) is 0.600. The maximum absolute atomic E-state index is 13.9. The van der Waals surface area contributed by atoms with E-state index in [1.165, 1.54) is 0 Å². The first kappa shape index (κ1) is 19.3. The number of fused-ring (bicyclic) bond motifs is 1.